The molecule has 3 rings (SSSR count). The molecule has 0 aliphatic rings. The Morgan fingerprint density at radius 1 is 1.25 bits per heavy atom. The molecule has 3 nitrogen and oxygen atoms in total. The van der Waals surface area contributed by atoms with Gasteiger partial charge in [-0.3, -0.25) is 0 Å². The zero-order valence-electron chi connectivity index (χ0n) is 10.8. The van der Waals surface area contributed by atoms with Crippen LogP contribution in [0.1, 0.15) is 11.5 Å². The molecule has 0 radical (unpaired) electrons. The molecule has 2 heterocycles. The van der Waals surface area contributed by atoms with E-state index in [1.165, 1.54) is 6.07 Å². The third-order valence-corrected chi connectivity index (χ3v) is 3.03. The zero-order chi connectivity index (χ0) is 14.1. The summed E-state index contributed by atoms with van der Waals surface area (Å²) in [5.41, 5.74) is 1.35. The molecule has 20 heavy (non-hydrogen) atoms. The summed E-state index contributed by atoms with van der Waals surface area (Å²) in [6.07, 6.45) is 1.59. The second-order valence-electron chi connectivity index (χ2n) is 4.50. The molecule has 0 aliphatic heterocycles. The Hall–Kier alpha value is -2.43. The quantitative estimate of drug-likeness (QED) is 0.783. The first-order chi connectivity index (χ1) is 9.65. The third kappa shape index (κ3) is 2.22. The molecule has 0 atom stereocenters. The first-order valence-corrected chi connectivity index (χ1v) is 6.17. The highest BCUT2D eigenvalue weighted by Crippen LogP contribution is 2.27. The number of pyridine rings is 1. The first-order valence-electron chi connectivity index (χ1n) is 6.17. The van der Waals surface area contributed by atoms with Crippen LogP contribution >= 0.6 is 0 Å². The lowest BCUT2D eigenvalue weighted by Crippen LogP contribution is -2.01. The Bertz CT molecular complexity index is 754. The molecule has 1 aromatic carbocycles. The van der Waals surface area contributed by atoms with E-state index in [0.29, 0.717) is 23.3 Å². The minimum atomic E-state index is -0.924. The van der Waals surface area contributed by atoms with Gasteiger partial charge in [0.1, 0.15) is 11.3 Å². The van der Waals surface area contributed by atoms with Crippen molar-refractivity contribution in [1.29, 1.82) is 0 Å². The van der Waals surface area contributed by atoms with Gasteiger partial charge in [0.2, 0.25) is 0 Å². The van der Waals surface area contributed by atoms with Crippen LogP contribution in [-0.2, 0) is 6.54 Å². The molecule has 5 heteroatoms. The Balaban J connectivity index is 2.03. The molecule has 0 amide bonds. The molecule has 1 N–H and O–H groups in total. The molecule has 0 saturated heterocycles. The van der Waals surface area contributed by atoms with Gasteiger partial charge in [0, 0.05) is 16.8 Å². The molecule has 0 aliphatic carbocycles. The number of benzene rings is 1. The van der Waals surface area contributed by atoms with Crippen LogP contribution in [0.2, 0.25) is 0 Å². The largest absolute Gasteiger partial charge is 0.467 e. The van der Waals surface area contributed by atoms with E-state index < -0.39 is 11.6 Å². The average Bonchev–Trinajstić information content (AvgIpc) is 2.94. The van der Waals surface area contributed by atoms with Gasteiger partial charge in [0.05, 0.1) is 12.8 Å². The molecule has 0 spiro atoms. The van der Waals surface area contributed by atoms with Crippen LogP contribution in [0.3, 0.4) is 0 Å². The van der Waals surface area contributed by atoms with E-state index in [9.17, 15) is 8.78 Å². The predicted octanol–water partition coefficient (Wildman–Crippen LogP) is 4.03. The van der Waals surface area contributed by atoms with Crippen LogP contribution in [0.25, 0.3) is 10.9 Å². The number of nitrogens with zero attached hydrogens (tertiary/aromatic N) is 1. The van der Waals surface area contributed by atoms with Crippen molar-refractivity contribution in [3.8, 4) is 0 Å². The van der Waals surface area contributed by atoms with Crippen molar-refractivity contribution < 1.29 is 13.2 Å². The fourth-order valence-electron chi connectivity index (χ4n) is 2.10. The van der Waals surface area contributed by atoms with E-state index in [1.54, 1.807) is 25.3 Å². The SMILES string of the molecule is Cc1cc(NCc2ccco2)c2ccc(F)c(F)c2n1. The van der Waals surface area contributed by atoms with Crippen molar-refractivity contribution in [3.63, 3.8) is 0 Å². The second-order valence-corrected chi connectivity index (χ2v) is 4.50. The Morgan fingerprint density at radius 3 is 2.85 bits per heavy atom. The van der Waals surface area contributed by atoms with Crippen LogP contribution in [0, 0.1) is 18.6 Å². The maximum Gasteiger partial charge on any atom is 0.185 e. The van der Waals surface area contributed by atoms with E-state index in [4.69, 9.17) is 4.42 Å². The average molecular weight is 274 g/mol. The van der Waals surface area contributed by atoms with Gasteiger partial charge in [-0.2, -0.15) is 0 Å². The van der Waals surface area contributed by atoms with Crippen molar-refractivity contribution in [2.45, 2.75) is 13.5 Å². The van der Waals surface area contributed by atoms with Gasteiger partial charge in [-0.15, -0.1) is 0 Å². The van der Waals surface area contributed by atoms with Gasteiger partial charge in [-0.05, 0) is 37.3 Å². The summed E-state index contributed by atoms with van der Waals surface area (Å²) in [5.74, 6) is -1.06. The van der Waals surface area contributed by atoms with Crippen LogP contribution < -0.4 is 5.32 Å². The van der Waals surface area contributed by atoms with Crippen LogP contribution in [0.15, 0.2) is 41.0 Å². The number of halogens is 2. The summed E-state index contributed by atoms with van der Waals surface area (Å²) in [6, 6.07) is 8.05. The topological polar surface area (TPSA) is 38.1 Å². The fourth-order valence-corrected chi connectivity index (χ4v) is 2.10. The number of rotatable bonds is 3. The number of aryl methyl sites for hydroxylation is 1. The smallest absolute Gasteiger partial charge is 0.185 e. The van der Waals surface area contributed by atoms with Crippen LogP contribution in [-0.4, -0.2) is 4.98 Å². The summed E-state index contributed by atoms with van der Waals surface area (Å²) in [5, 5.41) is 3.70. The number of hydrogen-bond donors (Lipinski definition) is 1. The van der Waals surface area contributed by atoms with E-state index in [1.807, 2.05) is 6.07 Å². The number of hydrogen-bond acceptors (Lipinski definition) is 3. The summed E-state index contributed by atoms with van der Waals surface area (Å²) >= 11 is 0. The minimum Gasteiger partial charge on any atom is -0.467 e. The summed E-state index contributed by atoms with van der Waals surface area (Å²) in [6.45, 7) is 2.20. The van der Waals surface area contributed by atoms with Gasteiger partial charge >= 0.3 is 0 Å². The molecular formula is C15H12F2N2O. The molecule has 0 bridgehead atoms. The van der Waals surface area contributed by atoms with Crippen molar-refractivity contribution in [1.82, 2.24) is 4.98 Å². The van der Waals surface area contributed by atoms with Gasteiger partial charge < -0.3 is 9.73 Å². The van der Waals surface area contributed by atoms with Crippen LogP contribution in [0.5, 0.6) is 0 Å². The lowest BCUT2D eigenvalue weighted by molar-refractivity contribution is 0.515. The van der Waals surface area contributed by atoms with E-state index >= 15 is 0 Å². The Labute approximate surface area is 114 Å². The summed E-state index contributed by atoms with van der Waals surface area (Å²) < 4.78 is 32.3. The second kappa shape index (κ2) is 4.92. The maximum absolute atomic E-state index is 13.8. The van der Waals surface area contributed by atoms with Gasteiger partial charge in [0.25, 0.3) is 0 Å². The summed E-state index contributed by atoms with van der Waals surface area (Å²) in [7, 11) is 0. The van der Waals surface area contributed by atoms with Gasteiger partial charge in [-0.25, -0.2) is 13.8 Å². The van der Waals surface area contributed by atoms with Crippen molar-refractivity contribution >= 4 is 16.6 Å². The molecular weight excluding hydrogens is 262 g/mol. The molecule has 3 aromatic rings. The number of nitrogens with one attached hydrogen (secondary N) is 1. The molecule has 102 valence electrons. The van der Waals surface area contributed by atoms with E-state index in [0.717, 1.165) is 11.8 Å². The highest BCUT2D eigenvalue weighted by atomic mass is 19.2. The van der Waals surface area contributed by atoms with Crippen molar-refractivity contribution in [3.05, 3.63) is 59.7 Å². The molecule has 0 saturated carbocycles. The zero-order valence-corrected chi connectivity index (χ0v) is 10.8. The first kappa shape index (κ1) is 12.6. The van der Waals surface area contributed by atoms with Crippen molar-refractivity contribution in [2.24, 2.45) is 0 Å². The molecule has 2 aromatic heterocycles. The molecule has 0 unspecified atom stereocenters. The van der Waals surface area contributed by atoms with E-state index in [2.05, 4.69) is 10.3 Å². The Morgan fingerprint density at radius 2 is 2.10 bits per heavy atom. The molecule has 0 fully saturated rings. The van der Waals surface area contributed by atoms with Crippen LogP contribution in [0.4, 0.5) is 14.5 Å². The van der Waals surface area contributed by atoms with Gasteiger partial charge in [-0.1, -0.05) is 0 Å². The minimum absolute atomic E-state index is 0.0342. The number of fused-ring (bicyclic) bond motifs is 1. The maximum atomic E-state index is 13.8. The normalized spacial score (nSPS) is 10.9. The fraction of sp³-hybridized carbons (Fsp3) is 0.133. The highest BCUT2D eigenvalue weighted by molar-refractivity contribution is 5.91. The van der Waals surface area contributed by atoms with Crippen molar-refractivity contribution in [2.75, 3.05) is 5.32 Å². The van der Waals surface area contributed by atoms with Gasteiger partial charge in [0.15, 0.2) is 11.6 Å². The monoisotopic (exact) mass is 274 g/mol. The summed E-state index contributed by atoms with van der Waals surface area (Å²) in [4.78, 5) is 4.06. The number of anilines is 1. The number of furan rings is 1. The number of aromatic nitrogens is 1. The lowest BCUT2D eigenvalue weighted by atomic mass is 10.1. The highest BCUT2D eigenvalue weighted by Gasteiger charge is 2.12. The Kier molecular flexibility index (Phi) is 3.10. The lowest BCUT2D eigenvalue weighted by Gasteiger charge is -2.10. The predicted molar refractivity (Wildman–Crippen MR) is 72.4 cm³/mol. The van der Waals surface area contributed by atoms with E-state index in [-0.39, 0.29) is 5.52 Å². The third-order valence-electron chi connectivity index (χ3n) is 3.03. The standard InChI is InChI=1S/C15H12F2N2O/c1-9-7-13(18-8-10-3-2-6-20-10)11-4-5-12(16)14(17)15(11)19-9/h2-7H,8H2,1H3,(H,18,19).